The molecule has 3 aromatic carbocycles. The molecule has 44 heavy (non-hydrogen) atoms. The maximum absolute atomic E-state index is 15.1. The fourth-order valence-electron chi connectivity index (χ4n) is 4.55. The number of fused-ring (bicyclic) bond motifs is 1. The van der Waals surface area contributed by atoms with E-state index in [0.717, 1.165) is 11.0 Å². The molecule has 10 nitrogen and oxygen atoms in total. The topological polar surface area (TPSA) is 129 Å². The number of nitrogens with zero attached hydrogens (tertiary/aromatic N) is 2. The van der Waals surface area contributed by atoms with Gasteiger partial charge in [-0.2, -0.15) is 0 Å². The van der Waals surface area contributed by atoms with Crippen LogP contribution >= 0.6 is 7.82 Å². The SMILES string of the molecule is CC1c2ccc(C(=O)NCc3c(F)cc(F)cc3F)cc2N(Cc2c(F)cc(F)cc2OCCCOP(=O)(O)O)C(=O)N1C. The molecule has 0 saturated carbocycles. The predicted molar refractivity (Wildman–Crippen MR) is 146 cm³/mol. The van der Waals surface area contributed by atoms with E-state index in [-0.39, 0.29) is 35.6 Å². The lowest BCUT2D eigenvalue weighted by Gasteiger charge is -2.40. The largest absolute Gasteiger partial charge is 0.493 e. The quantitative estimate of drug-likeness (QED) is 0.147. The standard InChI is InChI=1S/C28H27F5N3O7P/c1-15-19-5-4-16(27(37)34-13-20-22(31)9-17(29)10-23(20)32)8-25(19)36(28(38)35(15)2)14-21-24(33)11-18(30)12-26(21)42-6-3-7-43-44(39,40)41/h4-5,8-12,15H,3,6-7,13-14H2,1-2H3,(H,34,37)(H2,39,40,41). The first-order valence-corrected chi connectivity index (χ1v) is 14.6. The zero-order valence-electron chi connectivity index (χ0n) is 23.3. The zero-order valence-corrected chi connectivity index (χ0v) is 24.2. The number of hydrogen-bond donors (Lipinski definition) is 3. The van der Waals surface area contributed by atoms with Crippen LogP contribution in [-0.2, 0) is 22.2 Å². The Morgan fingerprint density at radius 3 is 2.20 bits per heavy atom. The van der Waals surface area contributed by atoms with Gasteiger partial charge in [0, 0.05) is 61.0 Å². The van der Waals surface area contributed by atoms with Gasteiger partial charge in [0.15, 0.2) is 0 Å². The van der Waals surface area contributed by atoms with E-state index in [1.165, 1.54) is 24.1 Å². The second-order valence-corrected chi connectivity index (χ2v) is 11.1. The minimum atomic E-state index is -4.71. The molecular formula is C28H27F5N3O7P. The van der Waals surface area contributed by atoms with E-state index >= 15 is 4.39 Å². The number of carbonyl (C=O) groups excluding carboxylic acids is 2. The molecule has 0 fully saturated rings. The normalized spacial score (nSPS) is 14.9. The predicted octanol–water partition coefficient (Wildman–Crippen LogP) is 5.32. The molecule has 3 amide bonds. The second kappa shape index (κ2) is 13.3. The number of amides is 3. The monoisotopic (exact) mass is 643 g/mol. The first-order chi connectivity index (χ1) is 20.7. The van der Waals surface area contributed by atoms with Crippen molar-refractivity contribution < 1.29 is 55.2 Å². The van der Waals surface area contributed by atoms with Gasteiger partial charge in [-0.05, 0) is 24.6 Å². The van der Waals surface area contributed by atoms with Gasteiger partial charge in [-0.3, -0.25) is 14.2 Å². The maximum atomic E-state index is 15.1. The Kier molecular flexibility index (Phi) is 9.94. The lowest BCUT2D eigenvalue weighted by Crippen LogP contribution is -2.46. The fourth-order valence-corrected chi connectivity index (χ4v) is 4.92. The van der Waals surface area contributed by atoms with Crippen molar-refractivity contribution in [3.05, 3.63) is 93.8 Å². The number of nitrogens with one attached hydrogen (secondary N) is 1. The molecule has 3 N–H and O–H groups in total. The highest BCUT2D eigenvalue weighted by Gasteiger charge is 2.35. The Labute approximate surface area is 248 Å². The van der Waals surface area contributed by atoms with Crippen LogP contribution in [-0.4, -0.2) is 46.9 Å². The van der Waals surface area contributed by atoms with Gasteiger partial charge in [0.2, 0.25) is 0 Å². The molecule has 0 radical (unpaired) electrons. The number of urea groups is 1. The number of halogens is 5. The zero-order chi connectivity index (χ0) is 32.3. The Balaban J connectivity index is 1.60. The smallest absolute Gasteiger partial charge is 0.469 e. The summed E-state index contributed by atoms with van der Waals surface area (Å²) in [6.45, 7) is 0.0116. The molecule has 1 atom stereocenters. The molecule has 0 aliphatic carbocycles. The number of hydrogen-bond acceptors (Lipinski definition) is 5. The van der Waals surface area contributed by atoms with Gasteiger partial charge in [-0.25, -0.2) is 31.3 Å². The van der Waals surface area contributed by atoms with Gasteiger partial charge in [-0.15, -0.1) is 0 Å². The van der Waals surface area contributed by atoms with Crippen molar-refractivity contribution in [3.8, 4) is 5.75 Å². The second-order valence-electron chi connectivity index (χ2n) is 9.85. The van der Waals surface area contributed by atoms with Crippen molar-refractivity contribution in [3.63, 3.8) is 0 Å². The van der Waals surface area contributed by atoms with Crippen LogP contribution in [0.4, 0.5) is 32.4 Å². The van der Waals surface area contributed by atoms with Crippen LogP contribution in [0.3, 0.4) is 0 Å². The number of phosphoric acid groups is 1. The van der Waals surface area contributed by atoms with Crippen molar-refractivity contribution in [2.75, 3.05) is 25.2 Å². The van der Waals surface area contributed by atoms with Crippen LogP contribution in [0.2, 0.25) is 0 Å². The molecule has 1 unspecified atom stereocenters. The average molecular weight is 644 g/mol. The van der Waals surface area contributed by atoms with Crippen molar-refractivity contribution in [2.24, 2.45) is 0 Å². The Hall–Kier alpha value is -4.04. The molecule has 0 saturated heterocycles. The van der Waals surface area contributed by atoms with Crippen molar-refractivity contribution in [1.82, 2.24) is 10.2 Å². The number of carbonyl (C=O) groups is 2. The van der Waals surface area contributed by atoms with Crippen molar-refractivity contribution >= 4 is 25.4 Å². The first kappa shape index (κ1) is 32.9. The molecule has 0 bridgehead atoms. The number of phosphoric ester groups is 1. The van der Waals surface area contributed by atoms with E-state index < -0.39 is 80.1 Å². The summed E-state index contributed by atoms with van der Waals surface area (Å²) in [6, 6.07) is 5.70. The number of ether oxygens (including phenoxy) is 1. The highest BCUT2D eigenvalue weighted by molar-refractivity contribution is 7.46. The van der Waals surface area contributed by atoms with Crippen LogP contribution < -0.4 is 15.0 Å². The number of benzene rings is 3. The van der Waals surface area contributed by atoms with E-state index in [1.54, 1.807) is 13.0 Å². The van der Waals surface area contributed by atoms with E-state index in [9.17, 15) is 31.7 Å². The summed E-state index contributed by atoms with van der Waals surface area (Å²) in [5.41, 5.74) is -0.0163. The minimum absolute atomic E-state index is 0.0117. The van der Waals surface area contributed by atoms with Gasteiger partial charge >= 0.3 is 13.9 Å². The molecule has 236 valence electrons. The molecule has 0 aromatic heterocycles. The van der Waals surface area contributed by atoms with E-state index in [0.29, 0.717) is 23.8 Å². The molecule has 3 aromatic rings. The van der Waals surface area contributed by atoms with Gasteiger partial charge in [-0.1, -0.05) is 6.07 Å². The number of anilines is 1. The summed E-state index contributed by atoms with van der Waals surface area (Å²) >= 11 is 0. The van der Waals surface area contributed by atoms with E-state index in [4.69, 9.17) is 14.5 Å². The summed E-state index contributed by atoms with van der Waals surface area (Å²) in [5, 5.41) is 2.35. The van der Waals surface area contributed by atoms with E-state index in [2.05, 4.69) is 9.84 Å². The van der Waals surface area contributed by atoms with Crippen LogP contribution in [0.1, 0.15) is 46.4 Å². The van der Waals surface area contributed by atoms with Gasteiger partial charge in [0.05, 0.1) is 31.5 Å². The fraction of sp³-hybridized carbons (Fsp3) is 0.286. The molecular weight excluding hydrogens is 616 g/mol. The van der Waals surface area contributed by atoms with E-state index in [1.807, 2.05) is 0 Å². The summed E-state index contributed by atoms with van der Waals surface area (Å²) in [5.74, 6) is -6.55. The van der Waals surface area contributed by atoms with Gasteiger partial charge in [0.1, 0.15) is 34.8 Å². The lowest BCUT2D eigenvalue weighted by molar-refractivity contribution is 0.0950. The van der Waals surface area contributed by atoms with Crippen LogP contribution in [0.25, 0.3) is 0 Å². The lowest BCUT2D eigenvalue weighted by atomic mass is 9.98. The van der Waals surface area contributed by atoms with Gasteiger partial charge < -0.3 is 24.7 Å². The summed E-state index contributed by atoms with van der Waals surface area (Å²) in [7, 11) is -3.21. The molecule has 1 aliphatic heterocycles. The first-order valence-electron chi connectivity index (χ1n) is 13.1. The maximum Gasteiger partial charge on any atom is 0.469 e. The number of rotatable bonds is 11. The highest BCUT2D eigenvalue weighted by Crippen LogP contribution is 2.39. The van der Waals surface area contributed by atoms with Gasteiger partial charge in [0.25, 0.3) is 5.91 Å². The third-order valence-electron chi connectivity index (χ3n) is 6.92. The van der Waals surface area contributed by atoms with Crippen molar-refractivity contribution in [2.45, 2.75) is 32.5 Å². The summed E-state index contributed by atoms with van der Waals surface area (Å²) in [4.78, 5) is 46.4. The van der Waals surface area contributed by atoms with Crippen molar-refractivity contribution in [1.29, 1.82) is 0 Å². The molecule has 16 heteroatoms. The molecule has 1 heterocycles. The summed E-state index contributed by atoms with van der Waals surface area (Å²) < 4.78 is 91.2. The molecule has 4 rings (SSSR count). The van der Waals surface area contributed by atoms with Crippen LogP contribution in [0.15, 0.2) is 42.5 Å². The molecule has 0 spiro atoms. The Morgan fingerprint density at radius 1 is 0.955 bits per heavy atom. The third kappa shape index (κ3) is 7.53. The highest BCUT2D eigenvalue weighted by atomic mass is 31.2. The average Bonchev–Trinajstić information content (AvgIpc) is 2.93. The Morgan fingerprint density at radius 2 is 1.57 bits per heavy atom. The van der Waals surface area contributed by atoms with Crippen LogP contribution in [0.5, 0.6) is 5.75 Å². The van der Waals surface area contributed by atoms with Crippen LogP contribution in [0, 0.1) is 29.1 Å². The Bertz CT molecular complexity index is 1610. The minimum Gasteiger partial charge on any atom is -0.493 e. The third-order valence-corrected chi connectivity index (χ3v) is 7.44. The molecule has 1 aliphatic rings. The summed E-state index contributed by atoms with van der Waals surface area (Å²) in [6.07, 6.45) is -0.0430.